The van der Waals surface area contributed by atoms with Crippen LogP contribution in [0.15, 0.2) is 43.2 Å². The molecule has 3 aromatic heterocycles. The number of hydrogen-bond acceptors (Lipinski definition) is 8. The summed E-state index contributed by atoms with van der Waals surface area (Å²) in [6, 6.07) is 5.72. The van der Waals surface area contributed by atoms with E-state index in [9.17, 15) is 13.2 Å². The first-order chi connectivity index (χ1) is 15.4. The summed E-state index contributed by atoms with van der Waals surface area (Å²) in [4.78, 5) is 18.9. The first kappa shape index (κ1) is 21.5. The first-order valence-electron chi connectivity index (χ1n) is 9.94. The Hall–Kier alpha value is -3.72. The van der Waals surface area contributed by atoms with Gasteiger partial charge in [-0.1, -0.05) is 0 Å². The van der Waals surface area contributed by atoms with E-state index >= 15 is 0 Å². The van der Waals surface area contributed by atoms with Crippen LogP contribution >= 0.6 is 0 Å². The van der Waals surface area contributed by atoms with Crippen molar-refractivity contribution in [3.05, 3.63) is 48.9 Å². The van der Waals surface area contributed by atoms with E-state index in [0.717, 1.165) is 18.7 Å². The van der Waals surface area contributed by atoms with Crippen molar-refractivity contribution in [2.75, 3.05) is 29.9 Å². The predicted octanol–water partition coefficient (Wildman–Crippen LogP) is 2.79. The molecule has 1 unspecified atom stereocenters. The Labute approximate surface area is 182 Å². The number of anilines is 3. The molecule has 0 bridgehead atoms. The lowest BCUT2D eigenvalue weighted by Crippen LogP contribution is -2.34. The summed E-state index contributed by atoms with van der Waals surface area (Å²) >= 11 is 0. The van der Waals surface area contributed by atoms with Gasteiger partial charge in [0, 0.05) is 25.7 Å². The SMILES string of the molecule is N#Cc1cnc(Nc2cn(-c3ccc(N4CCC(NCCC(F)(F)F)C4)cn3)cn2)cn1. The highest BCUT2D eigenvalue weighted by molar-refractivity contribution is 5.51. The molecule has 0 aromatic carbocycles. The Morgan fingerprint density at radius 1 is 1.09 bits per heavy atom. The number of halogens is 3. The number of aromatic nitrogens is 5. The van der Waals surface area contributed by atoms with Gasteiger partial charge in [-0.2, -0.15) is 18.4 Å². The fraction of sp³-hybridized carbons (Fsp3) is 0.350. The molecule has 0 saturated carbocycles. The van der Waals surface area contributed by atoms with Gasteiger partial charge in [-0.05, 0) is 18.6 Å². The van der Waals surface area contributed by atoms with Crippen LogP contribution in [-0.4, -0.2) is 56.4 Å². The maximum atomic E-state index is 12.3. The molecular weight excluding hydrogens is 423 g/mol. The molecular formula is C20H20F3N9. The van der Waals surface area contributed by atoms with Crippen molar-refractivity contribution in [2.24, 2.45) is 0 Å². The summed E-state index contributed by atoms with van der Waals surface area (Å²) in [5.74, 6) is 1.67. The molecule has 9 nitrogen and oxygen atoms in total. The van der Waals surface area contributed by atoms with Gasteiger partial charge < -0.3 is 15.5 Å². The number of hydrogen-bond donors (Lipinski definition) is 2. The van der Waals surface area contributed by atoms with Crippen LogP contribution in [0.5, 0.6) is 0 Å². The summed E-state index contributed by atoms with van der Waals surface area (Å²) in [6.07, 6.45) is 3.75. The van der Waals surface area contributed by atoms with Crippen molar-refractivity contribution in [1.29, 1.82) is 5.26 Å². The zero-order chi connectivity index (χ0) is 22.6. The Kier molecular flexibility index (Phi) is 6.18. The van der Waals surface area contributed by atoms with Gasteiger partial charge in [-0.15, -0.1) is 0 Å². The van der Waals surface area contributed by atoms with E-state index in [0.29, 0.717) is 24.0 Å². The zero-order valence-electron chi connectivity index (χ0n) is 16.9. The molecule has 0 spiro atoms. The fourth-order valence-corrected chi connectivity index (χ4v) is 3.39. The molecule has 1 saturated heterocycles. The van der Waals surface area contributed by atoms with Crippen LogP contribution in [0, 0.1) is 11.3 Å². The zero-order valence-corrected chi connectivity index (χ0v) is 16.9. The third-order valence-electron chi connectivity index (χ3n) is 5.00. The average Bonchev–Trinajstić information content (AvgIpc) is 3.44. The summed E-state index contributed by atoms with van der Waals surface area (Å²) in [5.41, 5.74) is 1.15. The van der Waals surface area contributed by atoms with E-state index in [-0.39, 0.29) is 18.3 Å². The minimum Gasteiger partial charge on any atom is -0.369 e. The Morgan fingerprint density at radius 2 is 1.97 bits per heavy atom. The van der Waals surface area contributed by atoms with E-state index in [1.165, 1.54) is 12.4 Å². The Bertz CT molecular complexity index is 1070. The molecule has 3 aromatic rings. The number of nitrogens with one attached hydrogen (secondary N) is 2. The van der Waals surface area contributed by atoms with Crippen molar-refractivity contribution in [3.8, 4) is 11.9 Å². The third kappa shape index (κ3) is 5.50. The van der Waals surface area contributed by atoms with Crippen LogP contribution in [-0.2, 0) is 0 Å². The van der Waals surface area contributed by atoms with E-state index in [2.05, 4.69) is 35.5 Å². The highest BCUT2D eigenvalue weighted by atomic mass is 19.4. The largest absolute Gasteiger partial charge is 0.390 e. The molecule has 0 aliphatic carbocycles. The van der Waals surface area contributed by atoms with Crippen molar-refractivity contribution in [2.45, 2.75) is 25.1 Å². The first-order valence-corrected chi connectivity index (χ1v) is 9.94. The van der Waals surface area contributed by atoms with Gasteiger partial charge >= 0.3 is 6.18 Å². The quantitative estimate of drug-likeness (QED) is 0.574. The molecule has 1 fully saturated rings. The lowest BCUT2D eigenvalue weighted by Gasteiger charge is -2.19. The predicted molar refractivity (Wildman–Crippen MR) is 111 cm³/mol. The van der Waals surface area contributed by atoms with Crippen LogP contribution < -0.4 is 15.5 Å². The highest BCUT2D eigenvalue weighted by Crippen LogP contribution is 2.22. The van der Waals surface area contributed by atoms with Crippen LogP contribution in [0.4, 0.5) is 30.5 Å². The van der Waals surface area contributed by atoms with Crippen LogP contribution in [0.25, 0.3) is 5.82 Å². The highest BCUT2D eigenvalue weighted by Gasteiger charge is 2.28. The number of rotatable bonds is 7. The maximum Gasteiger partial charge on any atom is 0.390 e. The summed E-state index contributed by atoms with van der Waals surface area (Å²) in [7, 11) is 0. The number of alkyl halides is 3. The van der Waals surface area contributed by atoms with Crippen molar-refractivity contribution in [3.63, 3.8) is 0 Å². The summed E-state index contributed by atoms with van der Waals surface area (Å²) < 4.78 is 38.7. The molecule has 2 N–H and O–H groups in total. The van der Waals surface area contributed by atoms with Gasteiger partial charge in [0.15, 0.2) is 5.69 Å². The molecule has 4 heterocycles. The van der Waals surface area contributed by atoms with E-state index in [1.807, 2.05) is 18.2 Å². The molecule has 1 aliphatic rings. The fourth-order valence-electron chi connectivity index (χ4n) is 3.39. The van der Waals surface area contributed by atoms with Crippen molar-refractivity contribution >= 4 is 17.3 Å². The normalized spacial score (nSPS) is 16.2. The van der Waals surface area contributed by atoms with Crippen LogP contribution in [0.3, 0.4) is 0 Å². The Balaban J connectivity index is 1.32. The topological polar surface area (TPSA) is 108 Å². The van der Waals surface area contributed by atoms with E-state index in [4.69, 9.17) is 5.26 Å². The van der Waals surface area contributed by atoms with Crippen LogP contribution in [0.1, 0.15) is 18.5 Å². The molecule has 0 amide bonds. The summed E-state index contributed by atoms with van der Waals surface area (Å²) in [5, 5.41) is 14.8. The molecule has 0 radical (unpaired) electrons. The van der Waals surface area contributed by atoms with E-state index < -0.39 is 12.6 Å². The minimum atomic E-state index is -4.14. The van der Waals surface area contributed by atoms with E-state index in [1.54, 1.807) is 23.3 Å². The van der Waals surface area contributed by atoms with Crippen molar-refractivity contribution < 1.29 is 13.2 Å². The molecule has 1 atom stereocenters. The summed E-state index contributed by atoms with van der Waals surface area (Å²) in [6.45, 7) is 1.34. The van der Waals surface area contributed by atoms with Crippen molar-refractivity contribution in [1.82, 2.24) is 29.8 Å². The second kappa shape index (κ2) is 9.19. The lowest BCUT2D eigenvalue weighted by molar-refractivity contribution is -0.133. The standard InChI is InChI=1S/C20H20F3N9/c21-20(22,23)4-5-25-14-3-6-31(11-14)16-1-2-19(28-9-16)32-12-18(29-13-32)30-17-10-26-15(7-24)8-27-17/h1-2,8-10,12-14,25H,3-6,11H2,(H,27,30). The molecule has 4 rings (SSSR count). The number of nitriles is 1. The molecule has 32 heavy (non-hydrogen) atoms. The maximum absolute atomic E-state index is 12.3. The number of pyridine rings is 1. The van der Waals surface area contributed by atoms with Gasteiger partial charge in [-0.25, -0.2) is 19.9 Å². The molecule has 166 valence electrons. The lowest BCUT2D eigenvalue weighted by atomic mass is 10.2. The van der Waals surface area contributed by atoms with Gasteiger partial charge in [0.1, 0.15) is 29.9 Å². The minimum absolute atomic E-state index is 0.0321. The number of nitrogens with zero attached hydrogens (tertiary/aromatic N) is 7. The van der Waals surface area contributed by atoms with Gasteiger partial charge in [0.2, 0.25) is 0 Å². The smallest absolute Gasteiger partial charge is 0.369 e. The van der Waals surface area contributed by atoms with Gasteiger partial charge in [0.25, 0.3) is 0 Å². The second-order valence-electron chi connectivity index (χ2n) is 7.32. The molecule has 1 aliphatic heterocycles. The monoisotopic (exact) mass is 443 g/mol. The second-order valence-corrected chi connectivity index (χ2v) is 7.32. The third-order valence-corrected chi connectivity index (χ3v) is 5.00. The van der Waals surface area contributed by atoms with Gasteiger partial charge in [0.05, 0.1) is 36.9 Å². The average molecular weight is 443 g/mol. The Morgan fingerprint density at radius 3 is 2.66 bits per heavy atom. The van der Waals surface area contributed by atoms with Crippen LogP contribution in [0.2, 0.25) is 0 Å². The number of imidazole rings is 1. The van der Waals surface area contributed by atoms with Gasteiger partial charge in [-0.3, -0.25) is 4.57 Å². The molecule has 12 heteroatoms.